The van der Waals surface area contributed by atoms with Gasteiger partial charge in [0.1, 0.15) is 11.2 Å². The molecule has 86 valence electrons. The molecule has 0 bridgehead atoms. The molecule has 0 spiro atoms. The minimum absolute atomic E-state index is 0.504. The number of ether oxygens (including phenoxy) is 1. The van der Waals surface area contributed by atoms with Gasteiger partial charge in [0, 0.05) is 31.0 Å². The van der Waals surface area contributed by atoms with Crippen LogP contribution in [-0.4, -0.2) is 23.2 Å². The zero-order chi connectivity index (χ0) is 11.6. The van der Waals surface area contributed by atoms with Crippen molar-refractivity contribution in [3.8, 4) is 6.07 Å². The normalized spacial score (nSPS) is 18.3. The molecule has 2 rings (SSSR count). The number of aromatic amines is 1. The highest BCUT2D eigenvalue weighted by Crippen LogP contribution is 2.27. The smallest absolute Gasteiger partial charge is 0.126 e. The van der Waals surface area contributed by atoms with E-state index in [-0.39, 0.29) is 0 Å². The van der Waals surface area contributed by atoms with Crippen molar-refractivity contribution in [3.63, 3.8) is 0 Å². The number of hydrogen-bond donors (Lipinski definition) is 1. The fourth-order valence-corrected chi connectivity index (χ4v) is 1.92. The van der Waals surface area contributed by atoms with E-state index in [9.17, 15) is 0 Å². The monoisotopic (exact) mass is 219 g/mol. The average molecular weight is 219 g/mol. The van der Waals surface area contributed by atoms with Crippen LogP contribution >= 0.6 is 0 Å². The van der Waals surface area contributed by atoms with Gasteiger partial charge in [0.05, 0.1) is 6.07 Å². The summed E-state index contributed by atoms with van der Waals surface area (Å²) in [6.45, 7) is 5.39. The van der Waals surface area contributed by atoms with E-state index >= 15 is 0 Å². The van der Waals surface area contributed by atoms with Gasteiger partial charge < -0.3 is 9.72 Å². The summed E-state index contributed by atoms with van der Waals surface area (Å²) < 4.78 is 5.33. The summed E-state index contributed by atoms with van der Waals surface area (Å²) in [5, 5.41) is 9.04. The molecule has 4 nitrogen and oxygen atoms in total. The van der Waals surface area contributed by atoms with Crippen LogP contribution in [0.2, 0.25) is 0 Å². The van der Waals surface area contributed by atoms with Crippen LogP contribution in [-0.2, 0) is 10.2 Å². The predicted molar refractivity (Wildman–Crippen MR) is 60.0 cm³/mol. The van der Waals surface area contributed by atoms with Crippen LogP contribution in [0, 0.1) is 11.3 Å². The molecule has 0 aromatic carbocycles. The Bertz CT molecular complexity index is 397. The third kappa shape index (κ3) is 2.10. The van der Waals surface area contributed by atoms with Gasteiger partial charge in [0.15, 0.2) is 0 Å². The van der Waals surface area contributed by atoms with Crippen molar-refractivity contribution in [1.82, 2.24) is 9.97 Å². The summed E-state index contributed by atoms with van der Waals surface area (Å²) in [5.74, 6) is 1.26. The molecule has 1 aromatic rings. The molecule has 0 saturated carbocycles. The number of H-pyrrole nitrogens is 1. The first-order chi connectivity index (χ1) is 7.63. The highest BCUT2D eigenvalue weighted by Gasteiger charge is 2.25. The van der Waals surface area contributed by atoms with Crippen LogP contribution in [0.4, 0.5) is 0 Å². The molecule has 1 saturated heterocycles. The molecule has 1 aliphatic heterocycles. The maximum atomic E-state index is 9.04. The second-order valence-electron chi connectivity index (χ2n) is 4.81. The first-order valence-electron chi connectivity index (χ1n) is 5.68. The van der Waals surface area contributed by atoms with Crippen LogP contribution in [0.5, 0.6) is 0 Å². The van der Waals surface area contributed by atoms with Crippen LogP contribution in [0.1, 0.15) is 44.1 Å². The third-order valence-electron chi connectivity index (χ3n) is 3.13. The predicted octanol–water partition coefficient (Wildman–Crippen LogP) is 2.10. The number of nitrogens with one attached hydrogen (secondary N) is 1. The number of imidazole rings is 1. The summed E-state index contributed by atoms with van der Waals surface area (Å²) in [4.78, 5) is 7.60. The molecule has 1 aromatic heterocycles. The van der Waals surface area contributed by atoms with Crippen molar-refractivity contribution in [2.24, 2.45) is 0 Å². The maximum absolute atomic E-state index is 9.04. The standard InChI is InChI=1S/C12H17N3O/c1-12(2,8-13)11-14-7-10(15-11)9-3-5-16-6-4-9/h7,9H,3-6H2,1-2H3,(H,14,15). The molecule has 0 amide bonds. The highest BCUT2D eigenvalue weighted by molar-refractivity contribution is 5.20. The van der Waals surface area contributed by atoms with Crippen molar-refractivity contribution >= 4 is 0 Å². The Balaban J connectivity index is 2.16. The first kappa shape index (κ1) is 11.2. The minimum atomic E-state index is -0.538. The number of hydrogen-bond acceptors (Lipinski definition) is 3. The van der Waals surface area contributed by atoms with E-state index < -0.39 is 5.41 Å². The Morgan fingerprint density at radius 2 is 2.19 bits per heavy atom. The molecule has 1 aliphatic rings. The molecular formula is C12H17N3O. The second kappa shape index (κ2) is 4.26. The number of nitriles is 1. The highest BCUT2D eigenvalue weighted by atomic mass is 16.5. The second-order valence-corrected chi connectivity index (χ2v) is 4.81. The van der Waals surface area contributed by atoms with Gasteiger partial charge in [-0.15, -0.1) is 0 Å². The molecule has 0 aliphatic carbocycles. The van der Waals surface area contributed by atoms with E-state index in [0.717, 1.165) is 37.6 Å². The van der Waals surface area contributed by atoms with E-state index in [2.05, 4.69) is 16.0 Å². The third-order valence-corrected chi connectivity index (χ3v) is 3.13. The van der Waals surface area contributed by atoms with Gasteiger partial charge in [0.25, 0.3) is 0 Å². The number of nitrogens with zero attached hydrogens (tertiary/aromatic N) is 2. The van der Waals surface area contributed by atoms with Crippen molar-refractivity contribution in [1.29, 1.82) is 5.26 Å². The Kier molecular flexibility index (Phi) is 2.97. The molecule has 2 heterocycles. The van der Waals surface area contributed by atoms with Gasteiger partial charge in [0.2, 0.25) is 0 Å². The summed E-state index contributed by atoms with van der Waals surface area (Å²) in [6, 6.07) is 2.26. The number of aromatic nitrogens is 2. The molecule has 1 fully saturated rings. The molecule has 0 unspecified atom stereocenters. The largest absolute Gasteiger partial charge is 0.381 e. The molecule has 4 heteroatoms. The molecular weight excluding hydrogens is 202 g/mol. The topological polar surface area (TPSA) is 61.7 Å². The van der Waals surface area contributed by atoms with E-state index in [0.29, 0.717) is 5.92 Å². The van der Waals surface area contributed by atoms with Crippen molar-refractivity contribution in [2.75, 3.05) is 13.2 Å². The first-order valence-corrected chi connectivity index (χ1v) is 5.68. The summed E-state index contributed by atoms with van der Waals surface area (Å²) in [5.41, 5.74) is 0.602. The van der Waals surface area contributed by atoms with Crippen molar-refractivity contribution < 1.29 is 4.74 Å². The summed E-state index contributed by atoms with van der Waals surface area (Å²) in [6.07, 6.45) is 3.94. The number of rotatable bonds is 2. The van der Waals surface area contributed by atoms with Gasteiger partial charge in [-0.25, -0.2) is 4.98 Å². The van der Waals surface area contributed by atoms with Gasteiger partial charge in [-0.3, -0.25) is 0 Å². The fourth-order valence-electron chi connectivity index (χ4n) is 1.92. The van der Waals surface area contributed by atoms with Crippen LogP contribution in [0.15, 0.2) is 6.20 Å². The molecule has 0 atom stereocenters. The van der Waals surface area contributed by atoms with Crippen molar-refractivity contribution in [3.05, 3.63) is 17.7 Å². The Hall–Kier alpha value is -1.34. The van der Waals surface area contributed by atoms with Gasteiger partial charge in [-0.2, -0.15) is 5.26 Å². The van der Waals surface area contributed by atoms with E-state index in [1.54, 1.807) is 0 Å². The molecule has 0 radical (unpaired) electrons. The summed E-state index contributed by atoms with van der Waals surface area (Å²) in [7, 11) is 0. The zero-order valence-corrected chi connectivity index (χ0v) is 9.79. The van der Waals surface area contributed by atoms with E-state index in [4.69, 9.17) is 10.00 Å². The summed E-state index contributed by atoms with van der Waals surface area (Å²) >= 11 is 0. The van der Waals surface area contributed by atoms with Gasteiger partial charge >= 0.3 is 0 Å². The van der Waals surface area contributed by atoms with Crippen LogP contribution in [0.3, 0.4) is 0 Å². The van der Waals surface area contributed by atoms with Gasteiger partial charge in [-0.05, 0) is 26.7 Å². The lowest BCUT2D eigenvalue weighted by Crippen LogP contribution is -2.17. The lowest BCUT2D eigenvalue weighted by Gasteiger charge is -2.20. The fraction of sp³-hybridized carbons (Fsp3) is 0.667. The van der Waals surface area contributed by atoms with Crippen LogP contribution < -0.4 is 0 Å². The Morgan fingerprint density at radius 1 is 1.50 bits per heavy atom. The zero-order valence-electron chi connectivity index (χ0n) is 9.79. The van der Waals surface area contributed by atoms with Crippen molar-refractivity contribution in [2.45, 2.75) is 38.0 Å². The Morgan fingerprint density at radius 3 is 2.81 bits per heavy atom. The minimum Gasteiger partial charge on any atom is -0.381 e. The molecule has 16 heavy (non-hydrogen) atoms. The van der Waals surface area contributed by atoms with Crippen LogP contribution in [0.25, 0.3) is 0 Å². The Labute approximate surface area is 95.6 Å². The van der Waals surface area contributed by atoms with E-state index in [1.807, 2.05) is 20.0 Å². The molecule has 1 N–H and O–H groups in total. The lowest BCUT2D eigenvalue weighted by atomic mass is 9.94. The average Bonchev–Trinajstić information content (AvgIpc) is 2.80. The quantitative estimate of drug-likeness (QED) is 0.828. The van der Waals surface area contributed by atoms with Gasteiger partial charge in [-0.1, -0.05) is 0 Å². The lowest BCUT2D eigenvalue weighted by molar-refractivity contribution is 0.0845. The maximum Gasteiger partial charge on any atom is 0.126 e. The van der Waals surface area contributed by atoms with E-state index in [1.165, 1.54) is 0 Å². The SMILES string of the molecule is CC(C)(C#N)c1ncc(C2CCOCC2)[nH]1.